The smallest absolute Gasteiger partial charge is 0.0198 e. The zero-order valence-electron chi connectivity index (χ0n) is 8.63. The summed E-state index contributed by atoms with van der Waals surface area (Å²) in [4.78, 5) is 2.52. The van der Waals surface area contributed by atoms with Gasteiger partial charge in [-0.3, -0.25) is 4.90 Å². The van der Waals surface area contributed by atoms with Gasteiger partial charge < -0.3 is 0 Å². The Morgan fingerprint density at radius 2 is 2.38 bits per heavy atom. The molecule has 0 aliphatic carbocycles. The van der Waals surface area contributed by atoms with Crippen LogP contribution in [0.1, 0.15) is 26.2 Å². The maximum atomic E-state index is 4.23. The van der Waals surface area contributed by atoms with Crippen molar-refractivity contribution in [1.29, 1.82) is 0 Å². The van der Waals surface area contributed by atoms with Crippen LogP contribution in [-0.4, -0.2) is 30.3 Å². The van der Waals surface area contributed by atoms with Crippen LogP contribution in [0.15, 0.2) is 12.2 Å². The molecule has 0 aromatic rings. The number of thiol groups is 1. The van der Waals surface area contributed by atoms with Gasteiger partial charge in [0.1, 0.15) is 0 Å². The molecule has 1 unspecified atom stereocenters. The third-order valence-corrected chi connectivity index (χ3v) is 3.30. The van der Waals surface area contributed by atoms with Crippen molar-refractivity contribution in [3.05, 3.63) is 12.2 Å². The zero-order valence-corrected chi connectivity index (χ0v) is 9.52. The van der Waals surface area contributed by atoms with Crippen molar-refractivity contribution in [3.8, 4) is 0 Å². The van der Waals surface area contributed by atoms with Crippen molar-refractivity contribution in [2.24, 2.45) is 5.92 Å². The van der Waals surface area contributed by atoms with Crippen molar-refractivity contribution >= 4 is 12.6 Å². The highest BCUT2D eigenvalue weighted by molar-refractivity contribution is 7.80. The summed E-state index contributed by atoms with van der Waals surface area (Å²) < 4.78 is 0. The highest BCUT2D eigenvalue weighted by Gasteiger charge is 2.17. The summed E-state index contributed by atoms with van der Waals surface area (Å²) in [7, 11) is 0. The molecule has 1 saturated heterocycles. The Hall–Kier alpha value is 0.0500. The predicted molar refractivity (Wildman–Crippen MR) is 62.4 cm³/mol. The minimum Gasteiger partial charge on any atom is -0.299 e. The first-order valence-corrected chi connectivity index (χ1v) is 5.89. The molecule has 0 saturated carbocycles. The zero-order chi connectivity index (χ0) is 9.68. The lowest BCUT2D eigenvalue weighted by Gasteiger charge is -2.32. The van der Waals surface area contributed by atoms with E-state index in [0.29, 0.717) is 0 Å². The minimum absolute atomic E-state index is 0.827. The van der Waals surface area contributed by atoms with Gasteiger partial charge in [-0.15, -0.1) is 0 Å². The largest absolute Gasteiger partial charge is 0.299 e. The summed E-state index contributed by atoms with van der Waals surface area (Å²) >= 11 is 4.23. The summed E-state index contributed by atoms with van der Waals surface area (Å²) in [5.74, 6) is 1.74. The van der Waals surface area contributed by atoms with Crippen LogP contribution in [0.3, 0.4) is 0 Å². The first kappa shape index (κ1) is 11.1. The van der Waals surface area contributed by atoms with Gasteiger partial charge in [0, 0.05) is 18.8 Å². The fourth-order valence-corrected chi connectivity index (χ4v) is 2.09. The van der Waals surface area contributed by atoms with Gasteiger partial charge in [-0.05, 0) is 25.3 Å². The SMILES string of the molecule is C=C(CS)CN1CCCC(CC)C1. The molecule has 1 aliphatic rings. The topological polar surface area (TPSA) is 3.24 Å². The van der Waals surface area contributed by atoms with Gasteiger partial charge >= 0.3 is 0 Å². The molecular formula is C11H21NS. The maximum absolute atomic E-state index is 4.23. The second-order valence-corrected chi connectivity index (χ2v) is 4.38. The number of piperidine rings is 1. The van der Waals surface area contributed by atoms with Crippen LogP contribution in [0.5, 0.6) is 0 Å². The lowest BCUT2D eigenvalue weighted by molar-refractivity contribution is 0.185. The van der Waals surface area contributed by atoms with Crippen LogP contribution >= 0.6 is 12.6 Å². The van der Waals surface area contributed by atoms with Crippen molar-refractivity contribution in [3.63, 3.8) is 0 Å². The molecule has 1 atom stereocenters. The minimum atomic E-state index is 0.827. The van der Waals surface area contributed by atoms with Gasteiger partial charge in [0.2, 0.25) is 0 Å². The third-order valence-electron chi connectivity index (χ3n) is 2.85. The molecule has 1 nitrogen and oxygen atoms in total. The number of likely N-dealkylation sites (tertiary alicyclic amines) is 1. The molecule has 76 valence electrons. The predicted octanol–water partition coefficient (Wildman–Crippen LogP) is 2.59. The standard InChI is InChI=1S/C11H21NS/c1-3-11-5-4-6-12(8-11)7-10(2)9-13/h11,13H,2-9H2,1H3. The maximum Gasteiger partial charge on any atom is 0.0198 e. The molecule has 0 radical (unpaired) electrons. The van der Waals surface area contributed by atoms with Crippen LogP contribution in [0.25, 0.3) is 0 Å². The Morgan fingerprint density at radius 3 is 3.00 bits per heavy atom. The van der Waals surface area contributed by atoms with Gasteiger partial charge in [-0.1, -0.05) is 25.5 Å². The van der Waals surface area contributed by atoms with Crippen molar-refractivity contribution in [1.82, 2.24) is 4.90 Å². The lowest BCUT2D eigenvalue weighted by atomic mass is 9.95. The van der Waals surface area contributed by atoms with Gasteiger partial charge in [-0.25, -0.2) is 0 Å². The van der Waals surface area contributed by atoms with Crippen LogP contribution < -0.4 is 0 Å². The van der Waals surface area contributed by atoms with Gasteiger partial charge in [-0.2, -0.15) is 12.6 Å². The van der Waals surface area contributed by atoms with Gasteiger partial charge in [0.25, 0.3) is 0 Å². The fraction of sp³-hybridized carbons (Fsp3) is 0.818. The molecule has 13 heavy (non-hydrogen) atoms. The lowest BCUT2D eigenvalue weighted by Crippen LogP contribution is -2.36. The summed E-state index contributed by atoms with van der Waals surface area (Å²) in [6, 6.07) is 0. The molecule has 0 aromatic heterocycles. The Balaban J connectivity index is 2.29. The van der Waals surface area contributed by atoms with Gasteiger partial charge in [0.15, 0.2) is 0 Å². The second kappa shape index (κ2) is 5.71. The van der Waals surface area contributed by atoms with Crippen molar-refractivity contribution in [2.75, 3.05) is 25.4 Å². The normalized spacial score (nSPS) is 24.6. The quantitative estimate of drug-likeness (QED) is 0.538. The molecule has 1 rings (SSSR count). The fourth-order valence-electron chi connectivity index (χ4n) is 1.99. The highest BCUT2D eigenvalue weighted by atomic mass is 32.1. The number of nitrogens with zero attached hydrogens (tertiary/aromatic N) is 1. The van der Waals surface area contributed by atoms with Crippen molar-refractivity contribution in [2.45, 2.75) is 26.2 Å². The summed E-state index contributed by atoms with van der Waals surface area (Å²) in [5.41, 5.74) is 1.25. The summed E-state index contributed by atoms with van der Waals surface area (Å²) in [5, 5.41) is 0. The van der Waals surface area contributed by atoms with Gasteiger partial charge in [0.05, 0.1) is 0 Å². The first-order chi connectivity index (χ1) is 6.26. The van der Waals surface area contributed by atoms with Crippen molar-refractivity contribution < 1.29 is 0 Å². The number of hydrogen-bond donors (Lipinski definition) is 1. The number of hydrogen-bond acceptors (Lipinski definition) is 2. The molecule has 1 heterocycles. The van der Waals surface area contributed by atoms with E-state index in [-0.39, 0.29) is 0 Å². The summed E-state index contributed by atoms with van der Waals surface area (Å²) in [6.45, 7) is 9.87. The van der Waals surface area contributed by atoms with E-state index in [2.05, 4.69) is 31.0 Å². The average Bonchev–Trinajstić information content (AvgIpc) is 2.18. The van der Waals surface area contributed by atoms with E-state index < -0.39 is 0 Å². The number of rotatable bonds is 4. The van der Waals surface area contributed by atoms with E-state index >= 15 is 0 Å². The van der Waals surface area contributed by atoms with E-state index in [9.17, 15) is 0 Å². The Morgan fingerprint density at radius 1 is 1.62 bits per heavy atom. The first-order valence-electron chi connectivity index (χ1n) is 5.26. The van der Waals surface area contributed by atoms with E-state index in [1.54, 1.807) is 0 Å². The third kappa shape index (κ3) is 3.74. The average molecular weight is 199 g/mol. The monoisotopic (exact) mass is 199 g/mol. The molecule has 1 fully saturated rings. The van der Waals surface area contributed by atoms with Crippen LogP contribution in [0.2, 0.25) is 0 Å². The molecule has 0 bridgehead atoms. The summed E-state index contributed by atoms with van der Waals surface area (Å²) in [6.07, 6.45) is 4.10. The highest BCUT2D eigenvalue weighted by Crippen LogP contribution is 2.19. The van der Waals surface area contributed by atoms with E-state index in [1.165, 1.54) is 37.9 Å². The van der Waals surface area contributed by atoms with E-state index in [4.69, 9.17) is 0 Å². The molecule has 0 N–H and O–H groups in total. The molecule has 0 amide bonds. The Labute approximate surface area is 87.6 Å². The van der Waals surface area contributed by atoms with E-state index in [1.807, 2.05) is 0 Å². The van der Waals surface area contributed by atoms with Crippen LogP contribution in [-0.2, 0) is 0 Å². The van der Waals surface area contributed by atoms with Crippen LogP contribution in [0.4, 0.5) is 0 Å². The molecule has 0 aromatic carbocycles. The van der Waals surface area contributed by atoms with E-state index in [0.717, 1.165) is 18.2 Å². The molecule has 1 aliphatic heterocycles. The molecule has 2 heteroatoms. The second-order valence-electron chi connectivity index (χ2n) is 4.06. The van der Waals surface area contributed by atoms with Crippen LogP contribution in [0, 0.1) is 5.92 Å². The Bertz CT molecular complexity index is 167. The Kier molecular flexibility index (Phi) is 4.89. The molecular weight excluding hydrogens is 178 g/mol. The molecule has 0 spiro atoms.